The molecular weight excluding hydrogens is 326 g/mol. The van der Waals surface area contributed by atoms with Gasteiger partial charge in [0.15, 0.2) is 9.84 Å². The van der Waals surface area contributed by atoms with E-state index in [0.717, 1.165) is 6.26 Å². The second-order valence-electron chi connectivity index (χ2n) is 5.60. The standard InChI is InChI=1S/C15H14F2N2O3S/c1-9-7-18-8-14(19-9)22-12-3-4-13(23(2,20)21)11-6-15(16,17)5-10(11)12/h3-4,7-8H,5-6H2,1-2H3. The molecule has 0 amide bonds. The summed E-state index contributed by atoms with van der Waals surface area (Å²) in [6, 6.07) is 2.69. The van der Waals surface area contributed by atoms with Crippen molar-refractivity contribution in [2.75, 3.05) is 6.26 Å². The van der Waals surface area contributed by atoms with Crippen molar-refractivity contribution >= 4 is 9.84 Å². The summed E-state index contributed by atoms with van der Waals surface area (Å²) in [7, 11) is -3.59. The van der Waals surface area contributed by atoms with Crippen molar-refractivity contribution in [3.05, 3.63) is 41.3 Å². The van der Waals surface area contributed by atoms with Gasteiger partial charge in [-0.15, -0.1) is 0 Å². The van der Waals surface area contributed by atoms with Crippen molar-refractivity contribution in [2.45, 2.75) is 30.6 Å². The van der Waals surface area contributed by atoms with Crippen LogP contribution in [0.1, 0.15) is 16.8 Å². The highest BCUT2D eigenvalue weighted by atomic mass is 32.2. The summed E-state index contributed by atoms with van der Waals surface area (Å²) in [5.74, 6) is -2.63. The van der Waals surface area contributed by atoms with Gasteiger partial charge in [-0.3, -0.25) is 4.98 Å². The number of aryl methyl sites for hydroxylation is 1. The van der Waals surface area contributed by atoms with Crippen LogP contribution in [0.5, 0.6) is 11.6 Å². The number of sulfone groups is 1. The lowest BCUT2D eigenvalue weighted by Gasteiger charge is -2.12. The molecule has 0 saturated carbocycles. The van der Waals surface area contributed by atoms with E-state index in [-0.39, 0.29) is 27.7 Å². The number of ether oxygens (including phenoxy) is 1. The third-order valence-electron chi connectivity index (χ3n) is 3.56. The van der Waals surface area contributed by atoms with E-state index in [1.807, 2.05) is 0 Å². The molecule has 0 unspecified atom stereocenters. The van der Waals surface area contributed by atoms with E-state index < -0.39 is 28.6 Å². The van der Waals surface area contributed by atoms with Crippen molar-refractivity contribution in [1.82, 2.24) is 9.97 Å². The maximum absolute atomic E-state index is 13.8. The molecule has 1 aromatic carbocycles. The molecule has 0 atom stereocenters. The van der Waals surface area contributed by atoms with E-state index in [1.165, 1.54) is 24.5 Å². The van der Waals surface area contributed by atoms with Crippen molar-refractivity contribution < 1.29 is 21.9 Å². The number of halogens is 2. The molecule has 1 aromatic heterocycles. The van der Waals surface area contributed by atoms with Crippen LogP contribution in [0.4, 0.5) is 8.78 Å². The Labute approximate surface area is 132 Å². The summed E-state index contributed by atoms with van der Waals surface area (Å²) in [5.41, 5.74) is 0.953. The number of alkyl halides is 2. The Bertz CT molecular complexity index is 882. The lowest BCUT2D eigenvalue weighted by atomic mass is 10.1. The van der Waals surface area contributed by atoms with E-state index in [9.17, 15) is 17.2 Å². The number of hydrogen-bond acceptors (Lipinski definition) is 5. The van der Waals surface area contributed by atoms with Crippen molar-refractivity contribution in [2.24, 2.45) is 0 Å². The first kappa shape index (κ1) is 15.8. The molecule has 1 aliphatic carbocycles. The van der Waals surface area contributed by atoms with E-state index in [4.69, 9.17) is 4.74 Å². The van der Waals surface area contributed by atoms with Gasteiger partial charge in [0.2, 0.25) is 5.88 Å². The van der Waals surface area contributed by atoms with Gasteiger partial charge < -0.3 is 4.74 Å². The molecule has 0 spiro atoms. The summed E-state index contributed by atoms with van der Waals surface area (Å²) < 4.78 is 56.8. The molecule has 0 aliphatic heterocycles. The molecular formula is C15H14F2N2O3S. The highest BCUT2D eigenvalue weighted by Crippen LogP contribution is 2.43. The van der Waals surface area contributed by atoms with Crippen LogP contribution in [0, 0.1) is 6.92 Å². The second-order valence-corrected chi connectivity index (χ2v) is 7.59. The van der Waals surface area contributed by atoms with Crippen LogP contribution in [-0.2, 0) is 22.7 Å². The molecule has 0 fully saturated rings. The molecule has 0 saturated heterocycles. The predicted molar refractivity (Wildman–Crippen MR) is 78.7 cm³/mol. The van der Waals surface area contributed by atoms with Crippen molar-refractivity contribution in [3.8, 4) is 11.6 Å². The molecule has 1 aliphatic rings. The third kappa shape index (κ3) is 3.17. The molecule has 122 valence electrons. The number of rotatable bonds is 3. The minimum atomic E-state index is -3.59. The van der Waals surface area contributed by atoms with E-state index in [0.29, 0.717) is 5.69 Å². The molecule has 23 heavy (non-hydrogen) atoms. The van der Waals surface area contributed by atoms with Gasteiger partial charge in [0.1, 0.15) is 5.75 Å². The van der Waals surface area contributed by atoms with Crippen LogP contribution in [-0.4, -0.2) is 30.6 Å². The molecule has 2 aromatic rings. The van der Waals surface area contributed by atoms with Gasteiger partial charge in [-0.25, -0.2) is 22.2 Å². The summed E-state index contributed by atoms with van der Waals surface area (Å²) in [6.45, 7) is 1.73. The molecule has 0 N–H and O–H groups in total. The largest absolute Gasteiger partial charge is 0.437 e. The Morgan fingerprint density at radius 1 is 1.17 bits per heavy atom. The summed E-state index contributed by atoms with van der Waals surface area (Å²) >= 11 is 0. The second kappa shape index (κ2) is 5.23. The zero-order valence-electron chi connectivity index (χ0n) is 12.5. The maximum atomic E-state index is 13.8. The van der Waals surface area contributed by atoms with Crippen LogP contribution in [0.3, 0.4) is 0 Å². The molecule has 5 nitrogen and oxygen atoms in total. The number of benzene rings is 1. The summed E-state index contributed by atoms with van der Waals surface area (Å²) in [6.07, 6.45) is 2.75. The quantitative estimate of drug-likeness (QED) is 0.859. The van der Waals surface area contributed by atoms with Crippen LogP contribution in [0.25, 0.3) is 0 Å². The smallest absolute Gasteiger partial charge is 0.256 e. The van der Waals surface area contributed by atoms with E-state index in [2.05, 4.69) is 9.97 Å². The van der Waals surface area contributed by atoms with Crippen LogP contribution < -0.4 is 4.74 Å². The maximum Gasteiger partial charge on any atom is 0.256 e. The molecule has 0 bridgehead atoms. The number of aromatic nitrogens is 2. The third-order valence-corrected chi connectivity index (χ3v) is 4.74. The Morgan fingerprint density at radius 3 is 2.52 bits per heavy atom. The average molecular weight is 340 g/mol. The summed E-state index contributed by atoms with van der Waals surface area (Å²) in [4.78, 5) is 7.96. The Morgan fingerprint density at radius 2 is 1.87 bits per heavy atom. The first-order valence-electron chi connectivity index (χ1n) is 6.85. The zero-order valence-corrected chi connectivity index (χ0v) is 13.3. The van der Waals surface area contributed by atoms with Gasteiger partial charge in [-0.2, -0.15) is 0 Å². The van der Waals surface area contributed by atoms with Gasteiger partial charge in [0, 0.05) is 30.9 Å². The molecule has 8 heteroatoms. The number of fused-ring (bicyclic) bond motifs is 1. The first-order chi connectivity index (χ1) is 10.7. The van der Waals surface area contributed by atoms with E-state index in [1.54, 1.807) is 6.92 Å². The van der Waals surface area contributed by atoms with Gasteiger partial charge in [-0.05, 0) is 24.6 Å². The molecule has 0 radical (unpaired) electrons. The van der Waals surface area contributed by atoms with E-state index >= 15 is 0 Å². The number of hydrogen-bond donors (Lipinski definition) is 0. The highest BCUT2D eigenvalue weighted by Gasteiger charge is 2.41. The van der Waals surface area contributed by atoms with Crippen molar-refractivity contribution in [3.63, 3.8) is 0 Å². The van der Waals surface area contributed by atoms with Crippen molar-refractivity contribution in [1.29, 1.82) is 0 Å². The Hall–Kier alpha value is -2.09. The van der Waals surface area contributed by atoms with Crippen LogP contribution in [0.15, 0.2) is 29.4 Å². The predicted octanol–water partition coefficient (Wildman–Crippen LogP) is 2.71. The molecule has 1 heterocycles. The highest BCUT2D eigenvalue weighted by molar-refractivity contribution is 7.90. The Kier molecular flexibility index (Phi) is 3.59. The fraction of sp³-hybridized carbons (Fsp3) is 0.333. The van der Waals surface area contributed by atoms with Gasteiger partial charge in [0.05, 0.1) is 16.8 Å². The minimum absolute atomic E-state index is 0.0765. The normalized spacial score (nSPS) is 16.2. The van der Waals surface area contributed by atoms with Gasteiger partial charge >= 0.3 is 0 Å². The SMILES string of the molecule is Cc1cncc(Oc2ccc(S(C)(=O)=O)c3c2CC(F)(F)C3)n1. The average Bonchev–Trinajstić information content (AvgIpc) is 2.73. The zero-order chi connectivity index (χ0) is 16.8. The lowest BCUT2D eigenvalue weighted by molar-refractivity contribution is 0.0125. The first-order valence-corrected chi connectivity index (χ1v) is 8.74. The fourth-order valence-corrected chi connectivity index (χ4v) is 3.62. The topological polar surface area (TPSA) is 69.2 Å². The Balaban J connectivity index is 2.09. The summed E-state index contributed by atoms with van der Waals surface area (Å²) in [5, 5.41) is 0. The monoisotopic (exact) mass is 340 g/mol. The van der Waals surface area contributed by atoms with Crippen LogP contribution >= 0.6 is 0 Å². The lowest BCUT2D eigenvalue weighted by Crippen LogP contribution is -2.15. The van der Waals surface area contributed by atoms with Gasteiger partial charge in [-0.1, -0.05) is 0 Å². The molecule has 3 rings (SSSR count). The van der Waals surface area contributed by atoms with Crippen LogP contribution in [0.2, 0.25) is 0 Å². The fourth-order valence-electron chi connectivity index (χ4n) is 2.66. The van der Waals surface area contributed by atoms with Gasteiger partial charge in [0.25, 0.3) is 5.92 Å². The minimum Gasteiger partial charge on any atom is -0.437 e. The number of nitrogens with zero attached hydrogens (tertiary/aromatic N) is 2.